The van der Waals surface area contributed by atoms with Crippen LogP contribution in [0.2, 0.25) is 0 Å². The number of pyridine rings is 1. The molecule has 10 nitrogen and oxygen atoms in total. The van der Waals surface area contributed by atoms with Crippen LogP contribution >= 0.6 is 0 Å². The summed E-state index contributed by atoms with van der Waals surface area (Å²) in [7, 11) is -3.78. The second kappa shape index (κ2) is 10.8. The van der Waals surface area contributed by atoms with Crippen LogP contribution in [-0.4, -0.2) is 62.6 Å². The van der Waals surface area contributed by atoms with Crippen LogP contribution in [0.15, 0.2) is 41.0 Å². The normalized spacial score (nSPS) is 16.8. The van der Waals surface area contributed by atoms with Gasteiger partial charge in [0.1, 0.15) is 5.82 Å². The van der Waals surface area contributed by atoms with E-state index in [1.54, 1.807) is 12.1 Å². The average molecular weight is 583 g/mol. The third kappa shape index (κ3) is 6.61. The summed E-state index contributed by atoms with van der Waals surface area (Å²) in [5.41, 5.74) is 1.58. The summed E-state index contributed by atoms with van der Waals surface area (Å²) < 4.78 is 75.3. The van der Waals surface area contributed by atoms with Gasteiger partial charge >= 0.3 is 6.18 Å². The van der Waals surface area contributed by atoms with Crippen molar-refractivity contribution >= 4 is 44.1 Å². The van der Waals surface area contributed by atoms with Crippen LogP contribution in [0.3, 0.4) is 0 Å². The fourth-order valence-electron chi connectivity index (χ4n) is 4.85. The molecule has 0 unspecified atom stereocenters. The lowest BCUT2D eigenvalue weighted by molar-refractivity contribution is -0.139. The molecule has 1 aliphatic carbocycles. The average Bonchev–Trinajstić information content (AvgIpc) is 3.45. The van der Waals surface area contributed by atoms with Crippen LogP contribution in [0.25, 0.3) is 11.0 Å². The number of nitrogens with zero attached hydrogens (tertiary/aromatic N) is 2. The summed E-state index contributed by atoms with van der Waals surface area (Å²) in [4.78, 5) is 19.7. The Hall–Kier alpha value is -3.52. The number of benzene rings is 1. The molecule has 1 spiro atoms. The second-order valence-corrected chi connectivity index (χ2v) is 12.0. The Balaban J connectivity index is 1.41. The largest absolute Gasteiger partial charge is 0.475 e. The lowest BCUT2D eigenvalue weighted by Gasteiger charge is -2.35. The zero-order valence-electron chi connectivity index (χ0n) is 21.5. The van der Waals surface area contributed by atoms with Crippen LogP contribution in [0.5, 0.6) is 5.88 Å². The summed E-state index contributed by atoms with van der Waals surface area (Å²) in [6, 6.07) is 7.64. The van der Waals surface area contributed by atoms with E-state index in [4.69, 9.17) is 14.3 Å². The van der Waals surface area contributed by atoms with Crippen molar-refractivity contribution in [1.29, 1.82) is 0 Å². The van der Waals surface area contributed by atoms with Gasteiger partial charge in [0.05, 0.1) is 48.6 Å². The van der Waals surface area contributed by atoms with Gasteiger partial charge in [0.25, 0.3) is 11.8 Å². The summed E-state index contributed by atoms with van der Waals surface area (Å²) in [6.07, 6.45) is 0.0539. The number of hydrogen-bond donors (Lipinski definition) is 3. The Bertz CT molecular complexity index is 1490. The Morgan fingerprint density at radius 1 is 1.15 bits per heavy atom. The second-order valence-electron chi connectivity index (χ2n) is 10.2. The summed E-state index contributed by atoms with van der Waals surface area (Å²) >= 11 is 0. The summed E-state index contributed by atoms with van der Waals surface area (Å²) in [5.74, 6) is -1.13. The molecule has 0 radical (unpaired) electrons. The Labute approximate surface area is 228 Å². The molecule has 1 saturated heterocycles. The topological polar surface area (TPSA) is 134 Å². The molecule has 1 aliphatic heterocycles. The van der Waals surface area contributed by atoms with Gasteiger partial charge in [-0.3, -0.25) is 9.52 Å². The minimum absolute atomic E-state index is 0.0511. The first-order valence-corrected chi connectivity index (χ1v) is 14.5. The molecule has 0 bridgehead atoms. The van der Waals surface area contributed by atoms with Crippen molar-refractivity contribution in [3.05, 3.63) is 42.2 Å². The molecule has 0 atom stereocenters. The van der Waals surface area contributed by atoms with Crippen molar-refractivity contribution in [3.8, 4) is 5.88 Å². The number of carbonyl (C=O) groups is 1. The standard InChI is InChI=1S/C26H29F3N4O6S/c27-26(28,29)8-13-39-24-22-17(3-12-38-22)15-21(31-24)30-23(35)19-2-1-18(32-40(36,37)14-11-34)16-20(19)33-9-6-25(4-5-25)7-10-33/h1-3,12,15-16,32,34H,4-11,13-14H2,(H,30,31,35). The van der Waals surface area contributed by atoms with Crippen molar-refractivity contribution in [2.24, 2.45) is 5.41 Å². The molecule has 2 fully saturated rings. The number of ether oxygens (including phenoxy) is 1. The molecule has 216 valence electrons. The van der Waals surface area contributed by atoms with E-state index in [0.717, 1.165) is 12.8 Å². The number of fused-ring (bicyclic) bond motifs is 1. The highest BCUT2D eigenvalue weighted by molar-refractivity contribution is 7.92. The highest BCUT2D eigenvalue weighted by Gasteiger charge is 2.44. The molecule has 3 heterocycles. The van der Waals surface area contributed by atoms with Crippen LogP contribution in [0.1, 0.15) is 42.5 Å². The molecule has 2 aromatic heterocycles. The van der Waals surface area contributed by atoms with E-state index in [1.165, 1.54) is 37.3 Å². The van der Waals surface area contributed by atoms with Crippen LogP contribution in [0.4, 0.5) is 30.4 Å². The van der Waals surface area contributed by atoms with Gasteiger partial charge in [-0.15, -0.1) is 0 Å². The highest BCUT2D eigenvalue weighted by Crippen LogP contribution is 2.54. The van der Waals surface area contributed by atoms with Gasteiger partial charge in [0.2, 0.25) is 10.0 Å². The molecule has 40 heavy (non-hydrogen) atoms. The van der Waals surface area contributed by atoms with Gasteiger partial charge in [-0.2, -0.15) is 18.2 Å². The SMILES string of the molecule is O=C(Nc1cc2ccoc2c(OCCC(F)(F)F)n1)c1ccc(NS(=O)(=O)CCO)cc1N1CCC2(CC1)CC2. The lowest BCUT2D eigenvalue weighted by atomic mass is 9.93. The lowest BCUT2D eigenvalue weighted by Crippen LogP contribution is -2.35. The van der Waals surface area contributed by atoms with Crippen LogP contribution < -0.4 is 19.7 Å². The molecule has 3 aromatic rings. The number of nitrogens with one attached hydrogen (secondary N) is 2. The first kappa shape index (κ1) is 28.0. The molecule has 14 heteroatoms. The van der Waals surface area contributed by atoms with Crippen molar-refractivity contribution in [3.63, 3.8) is 0 Å². The summed E-state index contributed by atoms with van der Waals surface area (Å²) in [6.45, 7) is 0.192. The van der Waals surface area contributed by atoms with Gasteiger partial charge in [0, 0.05) is 18.5 Å². The maximum Gasteiger partial charge on any atom is 0.392 e. The fourth-order valence-corrected chi connectivity index (χ4v) is 5.68. The molecule has 3 N–H and O–H groups in total. The Morgan fingerprint density at radius 2 is 1.90 bits per heavy atom. The van der Waals surface area contributed by atoms with E-state index in [9.17, 15) is 26.4 Å². The number of piperidine rings is 1. The molecule has 1 amide bonds. The maximum atomic E-state index is 13.5. The summed E-state index contributed by atoms with van der Waals surface area (Å²) in [5, 5.41) is 12.2. The van der Waals surface area contributed by atoms with E-state index in [-0.39, 0.29) is 28.5 Å². The number of amides is 1. The number of anilines is 3. The molecule has 5 rings (SSSR count). The van der Waals surface area contributed by atoms with E-state index in [1.807, 2.05) is 4.90 Å². The molecule has 1 saturated carbocycles. The molecular weight excluding hydrogens is 553 g/mol. The predicted molar refractivity (Wildman–Crippen MR) is 142 cm³/mol. The van der Waals surface area contributed by atoms with Gasteiger partial charge in [-0.1, -0.05) is 0 Å². The van der Waals surface area contributed by atoms with E-state index < -0.39 is 47.5 Å². The number of alkyl halides is 3. The number of carbonyl (C=O) groups excluding carboxylic acids is 1. The predicted octanol–water partition coefficient (Wildman–Crippen LogP) is 4.53. The van der Waals surface area contributed by atoms with E-state index >= 15 is 0 Å². The zero-order valence-corrected chi connectivity index (χ0v) is 22.3. The number of sulfonamides is 1. The van der Waals surface area contributed by atoms with Crippen molar-refractivity contribution < 1.29 is 40.6 Å². The first-order chi connectivity index (χ1) is 19.0. The van der Waals surface area contributed by atoms with Gasteiger partial charge in [-0.25, -0.2) is 8.42 Å². The quantitative estimate of drug-likeness (QED) is 0.318. The van der Waals surface area contributed by atoms with Crippen LogP contribution in [0, 0.1) is 5.41 Å². The highest BCUT2D eigenvalue weighted by atomic mass is 32.2. The zero-order chi connectivity index (χ0) is 28.5. The molecular formula is C26H29F3N4O6S. The van der Waals surface area contributed by atoms with Crippen LogP contribution in [-0.2, 0) is 10.0 Å². The van der Waals surface area contributed by atoms with Crippen molar-refractivity contribution in [2.45, 2.75) is 38.3 Å². The number of halogens is 3. The number of aliphatic hydroxyl groups is 1. The maximum absolute atomic E-state index is 13.5. The monoisotopic (exact) mass is 582 g/mol. The minimum atomic E-state index is -4.41. The Morgan fingerprint density at radius 3 is 2.58 bits per heavy atom. The van der Waals surface area contributed by atoms with Gasteiger partial charge in [-0.05, 0) is 61.4 Å². The number of aliphatic hydroxyl groups excluding tert-OH is 1. The molecule has 1 aromatic carbocycles. The number of hydrogen-bond acceptors (Lipinski definition) is 8. The first-order valence-electron chi connectivity index (χ1n) is 12.9. The van der Waals surface area contributed by atoms with Gasteiger partial charge < -0.3 is 24.5 Å². The third-order valence-electron chi connectivity index (χ3n) is 7.27. The number of furan rings is 1. The van der Waals surface area contributed by atoms with E-state index in [2.05, 4.69) is 15.0 Å². The van der Waals surface area contributed by atoms with Gasteiger partial charge in [0.15, 0.2) is 5.58 Å². The smallest absolute Gasteiger partial charge is 0.392 e. The van der Waals surface area contributed by atoms with Crippen molar-refractivity contribution in [1.82, 2.24) is 4.98 Å². The fraction of sp³-hybridized carbons (Fsp3) is 0.462. The molecule has 2 aliphatic rings. The van der Waals surface area contributed by atoms with E-state index in [0.29, 0.717) is 29.6 Å². The number of aromatic nitrogens is 1. The van der Waals surface area contributed by atoms with Crippen molar-refractivity contribution in [2.75, 3.05) is 47.0 Å². The minimum Gasteiger partial charge on any atom is -0.475 e. The number of rotatable bonds is 10. The Kier molecular flexibility index (Phi) is 7.57. The third-order valence-corrected chi connectivity index (χ3v) is 8.53.